The van der Waals surface area contributed by atoms with Crippen molar-refractivity contribution in [3.8, 4) is 0 Å². The zero-order valence-electron chi connectivity index (χ0n) is 10.7. The fraction of sp³-hybridized carbons (Fsp3) is 0.200. The standard InChI is InChI=1S/C15H16BrClN2/c1-10-5-7-11(8-6-10)9-14(19-18)12-3-2-4-13(16)15(12)17/h2-8,14,19H,9,18H2,1H3. The van der Waals surface area contributed by atoms with Crippen LogP contribution in [0.3, 0.4) is 0 Å². The molecule has 1 atom stereocenters. The third-order valence-electron chi connectivity index (χ3n) is 3.12. The van der Waals surface area contributed by atoms with Gasteiger partial charge < -0.3 is 0 Å². The van der Waals surface area contributed by atoms with Gasteiger partial charge in [-0.15, -0.1) is 0 Å². The Kier molecular flexibility index (Phi) is 4.99. The van der Waals surface area contributed by atoms with Crippen LogP contribution in [-0.2, 0) is 6.42 Å². The lowest BCUT2D eigenvalue weighted by atomic mass is 9.99. The Morgan fingerprint density at radius 3 is 2.53 bits per heavy atom. The second-order valence-electron chi connectivity index (χ2n) is 4.55. The SMILES string of the molecule is Cc1ccc(CC(NN)c2cccc(Br)c2Cl)cc1. The van der Waals surface area contributed by atoms with Crippen LogP contribution in [0, 0.1) is 6.92 Å². The van der Waals surface area contributed by atoms with Crippen LogP contribution < -0.4 is 11.3 Å². The minimum absolute atomic E-state index is 0.00675. The number of aryl methyl sites for hydroxylation is 1. The van der Waals surface area contributed by atoms with Gasteiger partial charge in [-0.2, -0.15) is 0 Å². The van der Waals surface area contributed by atoms with Gasteiger partial charge in [0.05, 0.1) is 11.1 Å². The number of halogens is 2. The molecule has 0 aliphatic rings. The van der Waals surface area contributed by atoms with Crippen LogP contribution >= 0.6 is 27.5 Å². The first-order valence-electron chi connectivity index (χ1n) is 6.07. The highest BCUT2D eigenvalue weighted by Crippen LogP contribution is 2.31. The molecule has 19 heavy (non-hydrogen) atoms. The summed E-state index contributed by atoms with van der Waals surface area (Å²) in [6, 6.07) is 14.3. The van der Waals surface area contributed by atoms with E-state index in [0.29, 0.717) is 5.02 Å². The lowest BCUT2D eigenvalue weighted by Crippen LogP contribution is -2.29. The van der Waals surface area contributed by atoms with Crippen LogP contribution in [0.1, 0.15) is 22.7 Å². The van der Waals surface area contributed by atoms with Crippen molar-refractivity contribution in [1.29, 1.82) is 0 Å². The zero-order chi connectivity index (χ0) is 13.8. The topological polar surface area (TPSA) is 38.0 Å². The van der Waals surface area contributed by atoms with Crippen LogP contribution in [0.5, 0.6) is 0 Å². The van der Waals surface area contributed by atoms with Gasteiger partial charge in [-0.3, -0.25) is 11.3 Å². The summed E-state index contributed by atoms with van der Waals surface area (Å²) in [5, 5.41) is 0.706. The molecule has 2 rings (SSSR count). The maximum Gasteiger partial charge on any atom is 0.0596 e. The number of hydrogen-bond acceptors (Lipinski definition) is 2. The number of rotatable bonds is 4. The predicted octanol–water partition coefficient (Wildman–Crippen LogP) is 4.16. The van der Waals surface area contributed by atoms with Gasteiger partial charge in [0.15, 0.2) is 0 Å². The zero-order valence-corrected chi connectivity index (χ0v) is 13.0. The van der Waals surface area contributed by atoms with Crippen molar-refractivity contribution >= 4 is 27.5 Å². The van der Waals surface area contributed by atoms with Gasteiger partial charge in [-0.25, -0.2) is 0 Å². The van der Waals surface area contributed by atoms with E-state index >= 15 is 0 Å². The predicted molar refractivity (Wildman–Crippen MR) is 84.1 cm³/mol. The summed E-state index contributed by atoms with van der Waals surface area (Å²) in [6.07, 6.45) is 0.799. The Morgan fingerprint density at radius 2 is 1.89 bits per heavy atom. The molecular formula is C15H16BrClN2. The third-order valence-corrected chi connectivity index (χ3v) is 4.43. The first-order valence-corrected chi connectivity index (χ1v) is 7.24. The second-order valence-corrected chi connectivity index (χ2v) is 5.78. The highest BCUT2D eigenvalue weighted by Gasteiger charge is 2.15. The molecule has 0 saturated heterocycles. The van der Waals surface area contributed by atoms with Gasteiger partial charge in [0.25, 0.3) is 0 Å². The fourth-order valence-electron chi connectivity index (χ4n) is 2.01. The molecule has 0 bridgehead atoms. The van der Waals surface area contributed by atoms with Gasteiger partial charge in [-0.05, 0) is 46.5 Å². The number of nitrogens with two attached hydrogens (primary N) is 1. The van der Waals surface area contributed by atoms with E-state index in [9.17, 15) is 0 Å². The van der Waals surface area contributed by atoms with Crippen molar-refractivity contribution < 1.29 is 0 Å². The summed E-state index contributed by atoms with van der Waals surface area (Å²) in [4.78, 5) is 0. The summed E-state index contributed by atoms with van der Waals surface area (Å²) in [7, 11) is 0. The van der Waals surface area contributed by atoms with Gasteiger partial charge in [0.1, 0.15) is 0 Å². The third kappa shape index (κ3) is 3.57. The summed E-state index contributed by atoms with van der Waals surface area (Å²) < 4.78 is 0.885. The molecule has 0 aromatic heterocycles. The Bertz CT molecular complexity index is 555. The largest absolute Gasteiger partial charge is 0.271 e. The van der Waals surface area contributed by atoms with Crippen molar-refractivity contribution in [3.63, 3.8) is 0 Å². The molecule has 0 spiro atoms. The van der Waals surface area contributed by atoms with E-state index in [0.717, 1.165) is 16.5 Å². The maximum atomic E-state index is 6.32. The molecule has 0 fully saturated rings. The summed E-state index contributed by atoms with van der Waals surface area (Å²) in [6.45, 7) is 2.08. The van der Waals surface area contributed by atoms with Crippen molar-refractivity contribution in [3.05, 3.63) is 68.7 Å². The summed E-state index contributed by atoms with van der Waals surface area (Å²) >= 11 is 9.75. The number of nitrogens with one attached hydrogen (secondary N) is 1. The van der Waals surface area contributed by atoms with Gasteiger partial charge >= 0.3 is 0 Å². The van der Waals surface area contributed by atoms with E-state index in [2.05, 4.69) is 52.5 Å². The van der Waals surface area contributed by atoms with Crippen LogP contribution in [0.4, 0.5) is 0 Å². The molecule has 0 heterocycles. The molecule has 0 aliphatic carbocycles. The Labute approximate surface area is 127 Å². The molecular weight excluding hydrogens is 324 g/mol. The van der Waals surface area contributed by atoms with Gasteiger partial charge in [0.2, 0.25) is 0 Å². The summed E-state index contributed by atoms with van der Waals surface area (Å²) in [5.41, 5.74) is 6.32. The van der Waals surface area contributed by atoms with E-state index < -0.39 is 0 Å². The molecule has 1 unspecified atom stereocenters. The first-order chi connectivity index (χ1) is 9.11. The van der Waals surface area contributed by atoms with Gasteiger partial charge in [-0.1, -0.05) is 53.6 Å². The van der Waals surface area contributed by atoms with E-state index in [1.165, 1.54) is 11.1 Å². The second kappa shape index (κ2) is 6.53. The lowest BCUT2D eigenvalue weighted by Gasteiger charge is -2.18. The lowest BCUT2D eigenvalue weighted by molar-refractivity contribution is 0.552. The van der Waals surface area contributed by atoms with Crippen molar-refractivity contribution in [2.24, 2.45) is 5.84 Å². The minimum atomic E-state index is -0.00675. The van der Waals surface area contributed by atoms with Crippen molar-refractivity contribution in [2.75, 3.05) is 0 Å². The van der Waals surface area contributed by atoms with E-state index in [-0.39, 0.29) is 6.04 Å². The van der Waals surface area contributed by atoms with E-state index in [1.54, 1.807) is 0 Å². The Morgan fingerprint density at radius 1 is 1.21 bits per heavy atom. The van der Waals surface area contributed by atoms with E-state index in [4.69, 9.17) is 17.4 Å². The van der Waals surface area contributed by atoms with Crippen LogP contribution in [0.15, 0.2) is 46.9 Å². The molecule has 0 saturated carbocycles. The average molecular weight is 340 g/mol. The summed E-state index contributed by atoms with van der Waals surface area (Å²) in [5.74, 6) is 5.68. The van der Waals surface area contributed by atoms with Crippen LogP contribution in [0.2, 0.25) is 5.02 Å². The monoisotopic (exact) mass is 338 g/mol. The maximum absolute atomic E-state index is 6.32. The molecule has 4 heteroatoms. The first kappa shape index (κ1) is 14.5. The Hall–Kier alpha value is -0.870. The number of hydrazine groups is 1. The molecule has 2 nitrogen and oxygen atoms in total. The Balaban J connectivity index is 2.25. The van der Waals surface area contributed by atoms with E-state index in [1.807, 2.05) is 18.2 Å². The van der Waals surface area contributed by atoms with Crippen LogP contribution in [-0.4, -0.2) is 0 Å². The normalized spacial score (nSPS) is 12.4. The fourth-order valence-corrected chi connectivity index (χ4v) is 2.65. The molecule has 2 aromatic carbocycles. The average Bonchev–Trinajstić information content (AvgIpc) is 2.42. The van der Waals surface area contributed by atoms with Crippen molar-refractivity contribution in [2.45, 2.75) is 19.4 Å². The molecule has 0 amide bonds. The number of benzene rings is 2. The highest BCUT2D eigenvalue weighted by atomic mass is 79.9. The molecule has 0 aliphatic heterocycles. The van der Waals surface area contributed by atoms with Gasteiger partial charge in [0, 0.05) is 4.47 Å². The molecule has 2 aromatic rings. The molecule has 0 radical (unpaired) electrons. The minimum Gasteiger partial charge on any atom is -0.271 e. The molecule has 100 valence electrons. The smallest absolute Gasteiger partial charge is 0.0596 e. The van der Waals surface area contributed by atoms with Crippen LogP contribution in [0.25, 0.3) is 0 Å². The van der Waals surface area contributed by atoms with Crippen molar-refractivity contribution in [1.82, 2.24) is 5.43 Å². The number of hydrogen-bond donors (Lipinski definition) is 2. The molecule has 3 N–H and O–H groups in total. The quantitative estimate of drug-likeness (QED) is 0.648. The highest BCUT2D eigenvalue weighted by molar-refractivity contribution is 9.10.